The summed E-state index contributed by atoms with van der Waals surface area (Å²) in [5, 5.41) is 0. The van der Waals surface area contributed by atoms with Crippen LogP contribution in [0.4, 0.5) is 26.3 Å². The zero-order valence-electron chi connectivity index (χ0n) is 17.1. The third kappa shape index (κ3) is 7.85. The average molecular weight is 482 g/mol. The number of thioether (sulfide) groups is 1. The Labute approximate surface area is 184 Å². The van der Waals surface area contributed by atoms with Gasteiger partial charge < -0.3 is 14.2 Å². The first-order valence-corrected chi connectivity index (χ1v) is 10.4. The van der Waals surface area contributed by atoms with Gasteiger partial charge in [-0.3, -0.25) is 4.79 Å². The van der Waals surface area contributed by atoms with E-state index in [1.807, 2.05) is 0 Å². The van der Waals surface area contributed by atoms with E-state index in [1.54, 1.807) is 13.0 Å². The fraction of sp³-hybridized carbons (Fsp3) is 0.381. The SMILES string of the molecule is CCOC(=O)Cc1ccc(OC)c(Oc2ccc(C(F)(F)F)cc2CSCC(F)(F)F)c1. The number of alkyl halides is 6. The van der Waals surface area contributed by atoms with E-state index in [9.17, 15) is 31.1 Å². The molecule has 0 aliphatic rings. The van der Waals surface area contributed by atoms with Crippen molar-refractivity contribution in [1.82, 2.24) is 0 Å². The second-order valence-electron chi connectivity index (χ2n) is 6.50. The molecule has 0 aromatic heterocycles. The summed E-state index contributed by atoms with van der Waals surface area (Å²) < 4.78 is 92.6. The molecule has 0 bridgehead atoms. The molecule has 0 fully saturated rings. The third-order valence-electron chi connectivity index (χ3n) is 4.01. The van der Waals surface area contributed by atoms with Gasteiger partial charge in [0.1, 0.15) is 5.75 Å². The molecule has 0 saturated carbocycles. The minimum Gasteiger partial charge on any atom is -0.493 e. The number of hydrogen-bond donors (Lipinski definition) is 0. The summed E-state index contributed by atoms with van der Waals surface area (Å²) in [6.07, 6.45) is -9.20. The van der Waals surface area contributed by atoms with Crippen LogP contribution < -0.4 is 9.47 Å². The molecule has 0 heterocycles. The predicted molar refractivity (Wildman–Crippen MR) is 107 cm³/mol. The van der Waals surface area contributed by atoms with Gasteiger partial charge in [-0.05, 0) is 42.8 Å². The number of esters is 1. The van der Waals surface area contributed by atoms with E-state index in [1.165, 1.54) is 19.2 Å². The zero-order valence-corrected chi connectivity index (χ0v) is 17.9. The maximum absolute atomic E-state index is 13.1. The summed E-state index contributed by atoms with van der Waals surface area (Å²) in [5.74, 6) is -1.80. The van der Waals surface area contributed by atoms with Gasteiger partial charge in [0.25, 0.3) is 0 Å². The fourth-order valence-electron chi connectivity index (χ4n) is 2.65. The van der Waals surface area contributed by atoms with Crippen LogP contribution >= 0.6 is 11.8 Å². The minimum absolute atomic E-state index is 0.0562. The lowest BCUT2D eigenvalue weighted by Gasteiger charge is -2.17. The molecule has 4 nitrogen and oxygen atoms in total. The highest BCUT2D eigenvalue weighted by atomic mass is 32.2. The standard InChI is InChI=1S/C21H20F6O4S/c1-3-30-19(28)9-13-4-6-17(29-2)18(8-13)31-16-7-5-15(21(25,26)27)10-14(16)11-32-12-20(22,23)24/h4-8,10H,3,9,11-12H2,1-2H3. The van der Waals surface area contributed by atoms with Crippen molar-refractivity contribution >= 4 is 17.7 Å². The molecule has 0 atom stereocenters. The molecule has 0 unspecified atom stereocenters. The third-order valence-corrected chi connectivity index (χ3v) is 5.06. The van der Waals surface area contributed by atoms with E-state index >= 15 is 0 Å². The maximum atomic E-state index is 13.1. The van der Waals surface area contributed by atoms with Crippen LogP contribution in [-0.4, -0.2) is 31.6 Å². The number of carbonyl (C=O) groups excluding carboxylic acids is 1. The normalized spacial score (nSPS) is 11.9. The predicted octanol–water partition coefficient (Wildman–Crippen LogP) is 6.41. The molecular formula is C21H20F6O4S. The quantitative estimate of drug-likeness (QED) is 0.305. The number of carbonyl (C=O) groups is 1. The van der Waals surface area contributed by atoms with Crippen molar-refractivity contribution < 1.29 is 45.3 Å². The van der Waals surface area contributed by atoms with Crippen molar-refractivity contribution in [1.29, 1.82) is 0 Å². The highest BCUT2D eigenvalue weighted by molar-refractivity contribution is 7.98. The van der Waals surface area contributed by atoms with Crippen LogP contribution in [0.15, 0.2) is 36.4 Å². The molecule has 176 valence electrons. The fourth-order valence-corrected chi connectivity index (χ4v) is 3.43. The zero-order chi connectivity index (χ0) is 23.9. The van der Waals surface area contributed by atoms with E-state index in [0.29, 0.717) is 17.3 Å². The van der Waals surface area contributed by atoms with Crippen molar-refractivity contribution in [3.63, 3.8) is 0 Å². The number of halogens is 6. The Balaban J connectivity index is 2.36. The number of methoxy groups -OCH3 is 1. The molecule has 11 heteroatoms. The largest absolute Gasteiger partial charge is 0.493 e. The van der Waals surface area contributed by atoms with E-state index in [-0.39, 0.29) is 41.6 Å². The molecular weight excluding hydrogens is 462 g/mol. The van der Waals surface area contributed by atoms with E-state index in [2.05, 4.69) is 0 Å². The number of hydrogen-bond acceptors (Lipinski definition) is 5. The summed E-state index contributed by atoms with van der Waals surface area (Å²) in [6, 6.07) is 7.14. The molecule has 0 N–H and O–H groups in total. The average Bonchev–Trinajstić information content (AvgIpc) is 2.68. The monoisotopic (exact) mass is 482 g/mol. The van der Waals surface area contributed by atoms with Crippen LogP contribution in [0.3, 0.4) is 0 Å². The van der Waals surface area contributed by atoms with Crippen LogP contribution in [0.1, 0.15) is 23.6 Å². The second kappa shape index (κ2) is 10.8. The van der Waals surface area contributed by atoms with Crippen LogP contribution in [0, 0.1) is 0 Å². The van der Waals surface area contributed by atoms with Gasteiger partial charge in [0.2, 0.25) is 0 Å². The summed E-state index contributed by atoms with van der Waals surface area (Å²) in [5.41, 5.74) is -0.568. The van der Waals surface area contributed by atoms with E-state index in [4.69, 9.17) is 14.2 Å². The lowest BCUT2D eigenvalue weighted by molar-refractivity contribution is -0.142. The highest BCUT2D eigenvalue weighted by Crippen LogP contribution is 2.39. The molecule has 2 aromatic carbocycles. The summed E-state index contributed by atoms with van der Waals surface area (Å²) in [4.78, 5) is 11.7. The minimum atomic E-state index is -4.67. The van der Waals surface area contributed by atoms with E-state index < -0.39 is 29.6 Å². The summed E-state index contributed by atoms with van der Waals surface area (Å²) >= 11 is 0.420. The van der Waals surface area contributed by atoms with Gasteiger partial charge in [-0.25, -0.2) is 0 Å². The van der Waals surface area contributed by atoms with Crippen molar-refractivity contribution in [3.05, 3.63) is 53.1 Å². The van der Waals surface area contributed by atoms with Crippen molar-refractivity contribution in [2.45, 2.75) is 31.5 Å². The molecule has 0 amide bonds. The highest BCUT2D eigenvalue weighted by Gasteiger charge is 2.32. The van der Waals surface area contributed by atoms with Gasteiger partial charge in [-0.15, -0.1) is 11.8 Å². The molecule has 2 rings (SSSR count). The first-order chi connectivity index (χ1) is 14.9. The van der Waals surface area contributed by atoms with Gasteiger partial charge in [0, 0.05) is 11.3 Å². The lowest BCUT2D eigenvalue weighted by Crippen LogP contribution is -2.11. The number of rotatable bonds is 9. The van der Waals surface area contributed by atoms with Crippen molar-refractivity contribution in [2.75, 3.05) is 19.5 Å². The molecule has 32 heavy (non-hydrogen) atoms. The first-order valence-electron chi connectivity index (χ1n) is 9.28. The Bertz CT molecular complexity index is 927. The summed E-state index contributed by atoms with van der Waals surface area (Å²) in [6.45, 7) is 1.85. The maximum Gasteiger partial charge on any atom is 0.416 e. The van der Waals surface area contributed by atoms with E-state index in [0.717, 1.165) is 18.2 Å². The summed E-state index contributed by atoms with van der Waals surface area (Å²) in [7, 11) is 1.35. The smallest absolute Gasteiger partial charge is 0.416 e. The number of benzene rings is 2. The van der Waals surface area contributed by atoms with Crippen LogP contribution in [-0.2, 0) is 27.9 Å². The van der Waals surface area contributed by atoms with Gasteiger partial charge in [-0.2, -0.15) is 26.3 Å². The Morgan fingerprint density at radius 1 is 0.969 bits per heavy atom. The lowest BCUT2D eigenvalue weighted by atomic mass is 10.1. The molecule has 0 radical (unpaired) electrons. The van der Waals surface area contributed by atoms with Crippen LogP contribution in [0.2, 0.25) is 0 Å². The van der Waals surface area contributed by atoms with Gasteiger partial charge in [0.05, 0.1) is 31.5 Å². The number of ether oxygens (including phenoxy) is 3. The van der Waals surface area contributed by atoms with Crippen LogP contribution in [0.5, 0.6) is 17.2 Å². The topological polar surface area (TPSA) is 44.8 Å². The Morgan fingerprint density at radius 2 is 1.66 bits per heavy atom. The second-order valence-corrected chi connectivity index (χ2v) is 7.48. The molecule has 0 aliphatic carbocycles. The molecule has 2 aromatic rings. The molecule has 0 aliphatic heterocycles. The first kappa shape index (κ1) is 25.7. The van der Waals surface area contributed by atoms with Gasteiger partial charge in [0.15, 0.2) is 11.5 Å². The van der Waals surface area contributed by atoms with Crippen molar-refractivity contribution in [3.8, 4) is 17.2 Å². The van der Waals surface area contributed by atoms with Crippen LogP contribution in [0.25, 0.3) is 0 Å². The molecule has 0 spiro atoms. The van der Waals surface area contributed by atoms with Gasteiger partial charge >= 0.3 is 18.3 Å². The van der Waals surface area contributed by atoms with Crippen molar-refractivity contribution in [2.24, 2.45) is 0 Å². The Kier molecular flexibility index (Phi) is 8.71. The Morgan fingerprint density at radius 3 is 2.25 bits per heavy atom. The Hall–Kier alpha value is -2.56. The molecule has 0 saturated heterocycles. The van der Waals surface area contributed by atoms with Gasteiger partial charge in [-0.1, -0.05) is 6.07 Å².